The van der Waals surface area contributed by atoms with E-state index in [1.165, 1.54) is 0 Å². The van der Waals surface area contributed by atoms with Crippen molar-refractivity contribution < 1.29 is 9.32 Å². The molecule has 134 valence electrons. The van der Waals surface area contributed by atoms with Crippen LogP contribution < -0.4 is 5.73 Å². The van der Waals surface area contributed by atoms with Crippen molar-refractivity contribution in [1.82, 2.24) is 14.6 Å². The molecule has 0 unspecified atom stereocenters. The first-order valence-corrected chi connectivity index (χ1v) is 7.74. The van der Waals surface area contributed by atoms with Crippen molar-refractivity contribution in [3.8, 4) is 5.82 Å². The second kappa shape index (κ2) is 7.40. The van der Waals surface area contributed by atoms with Crippen LogP contribution in [0.25, 0.3) is 5.82 Å². The second-order valence-electron chi connectivity index (χ2n) is 6.95. The number of hydrogen-bond acceptors (Lipinski definition) is 4. The van der Waals surface area contributed by atoms with Crippen LogP contribution in [0.5, 0.6) is 0 Å². The number of rotatable bonds is 5. The van der Waals surface area contributed by atoms with Gasteiger partial charge < -0.3 is 15.2 Å². The maximum Gasteiger partial charge on any atom is 0.255 e. The van der Waals surface area contributed by atoms with E-state index in [1.54, 1.807) is 4.90 Å². The molecule has 2 heterocycles. The summed E-state index contributed by atoms with van der Waals surface area (Å²) in [6.45, 7) is 11.0. The number of aryl methyl sites for hydroxylation is 2. The minimum atomic E-state index is -0.112. The topological polar surface area (TPSA) is 77.3 Å². The second-order valence-corrected chi connectivity index (χ2v) is 6.95. The van der Waals surface area contributed by atoms with Gasteiger partial charge in [-0.2, -0.15) is 0 Å². The third kappa shape index (κ3) is 3.99. The molecule has 0 saturated carbocycles. The largest absolute Gasteiger partial charge is 0.360 e. The zero-order valence-corrected chi connectivity index (χ0v) is 16.0. The Kier molecular flexibility index (Phi) is 6.25. The predicted octanol–water partition coefficient (Wildman–Crippen LogP) is 2.87. The highest BCUT2D eigenvalue weighted by Gasteiger charge is 2.25. The number of nitrogens with zero attached hydrogens (tertiary/aromatic N) is 3. The molecule has 2 aromatic heterocycles. The molecule has 7 heteroatoms. The van der Waals surface area contributed by atoms with Crippen LogP contribution in [0.1, 0.15) is 41.4 Å². The molecule has 0 aliphatic carbocycles. The number of halogens is 1. The average Bonchev–Trinajstić information content (AvgIpc) is 3.01. The fraction of sp³-hybridized carbons (Fsp3) is 0.529. The lowest BCUT2D eigenvalue weighted by atomic mass is 9.93. The molecule has 0 fully saturated rings. The summed E-state index contributed by atoms with van der Waals surface area (Å²) < 4.78 is 7.08. The highest BCUT2D eigenvalue weighted by molar-refractivity contribution is 5.95. The Morgan fingerprint density at radius 3 is 2.46 bits per heavy atom. The van der Waals surface area contributed by atoms with Crippen molar-refractivity contribution in [1.29, 1.82) is 0 Å². The van der Waals surface area contributed by atoms with Crippen LogP contribution in [0, 0.1) is 26.2 Å². The van der Waals surface area contributed by atoms with Crippen LogP contribution in [-0.4, -0.2) is 40.7 Å². The molecule has 0 aliphatic rings. The van der Waals surface area contributed by atoms with E-state index in [9.17, 15) is 4.79 Å². The van der Waals surface area contributed by atoms with Gasteiger partial charge in [-0.3, -0.25) is 9.36 Å². The van der Waals surface area contributed by atoms with Crippen molar-refractivity contribution >= 4 is 18.3 Å². The summed E-state index contributed by atoms with van der Waals surface area (Å²) in [5.74, 6) is 1.43. The third-order valence-electron chi connectivity index (χ3n) is 4.07. The van der Waals surface area contributed by atoms with Gasteiger partial charge in [0, 0.05) is 31.0 Å². The van der Waals surface area contributed by atoms with Crippen molar-refractivity contribution in [3.05, 3.63) is 34.8 Å². The van der Waals surface area contributed by atoms with Crippen molar-refractivity contribution in [2.24, 2.45) is 11.1 Å². The summed E-state index contributed by atoms with van der Waals surface area (Å²) in [5.41, 5.74) is 8.15. The van der Waals surface area contributed by atoms with Gasteiger partial charge in [0.25, 0.3) is 5.91 Å². The number of carbonyl (C=O) groups is 1. The van der Waals surface area contributed by atoms with Gasteiger partial charge in [0.05, 0.1) is 5.56 Å². The van der Waals surface area contributed by atoms with Gasteiger partial charge in [-0.25, -0.2) is 0 Å². The highest BCUT2D eigenvalue weighted by Crippen LogP contribution is 2.23. The third-order valence-corrected chi connectivity index (χ3v) is 4.07. The number of nitrogens with two attached hydrogens (primary N) is 1. The van der Waals surface area contributed by atoms with Gasteiger partial charge in [0.1, 0.15) is 5.76 Å². The van der Waals surface area contributed by atoms with Crippen LogP contribution in [0.3, 0.4) is 0 Å². The number of amides is 1. The summed E-state index contributed by atoms with van der Waals surface area (Å²) in [5, 5.41) is 4.04. The van der Waals surface area contributed by atoms with Gasteiger partial charge >= 0.3 is 0 Å². The van der Waals surface area contributed by atoms with Crippen LogP contribution in [0.2, 0.25) is 0 Å². The standard InChI is InChI=1S/C17H26N4O2.ClH/c1-11-7-14(16(22)20(6)10-17(4,5)9-18)13(3)21(11)15-8-12(2)23-19-15;/h7-8H,9-10,18H2,1-6H3;1H. The molecule has 0 spiro atoms. The fourth-order valence-electron chi connectivity index (χ4n) is 2.77. The van der Waals surface area contributed by atoms with Crippen LogP contribution in [0.15, 0.2) is 16.7 Å². The minimum Gasteiger partial charge on any atom is -0.360 e. The molecule has 6 nitrogen and oxygen atoms in total. The minimum absolute atomic E-state index is 0. The molecular weight excluding hydrogens is 328 g/mol. The summed E-state index contributed by atoms with van der Waals surface area (Å²) in [4.78, 5) is 14.5. The first kappa shape index (κ1) is 20.3. The Bertz CT molecular complexity index is 718. The van der Waals surface area contributed by atoms with Crippen molar-refractivity contribution in [3.63, 3.8) is 0 Å². The van der Waals surface area contributed by atoms with Crippen LogP contribution in [-0.2, 0) is 0 Å². The highest BCUT2D eigenvalue weighted by atomic mass is 35.5. The monoisotopic (exact) mass is 354 g/mol. The molecule has 0 aromatic carbocycles. The molecular formula is C17H27ClN4O2. The fourth-order valence-corrected chi connectivity index (χ4v) is 2.77. The molecule has 0 aliphatic heterocycles. The van der Waals surface area contributed by atoms with Gasteiger partial charge in [-0.15, -0.1) is 12.4 Å². The molecule has 0 saturated heterocycles. The maximum absolute atomic E-state index is 12.8. The molecule has 0 radical (unpaired) electrons. The zero-order chi connectivity index (χ0) is 17.4. The Balaban J connectivity index is 0.00000288. The molecule has 1 amide bonds. The van der Waals surface area contributed by atoms with Gasteiger partial charge in [0.2, 0.25) is 0 Å². The average molecular weight is 355 g/mol. The SMILES string of the molecule is Cc1cc(-n2c(C)cc(C(=O)N(C)CC(C)(C)CN)c2C)no1.Cl. The Morgan fingerprint density at radius 1 is 1.33 bits per heavy atom. The smallest absolute Gasteiger partial charge is 0.255 e. The normalized spacial score (nSPS) is 11.3. The summed E-state index contributed by atoms with van der Waals surface area (Å²) in [6, 6.07) is 3.75. The summed E-state index contributed by atoms with van der Waals surface area (Å²) in [7, 11) is 1.81. The maximum atomic E-state index is 12.8. The molecule has 0 atom stereocenters. The van der Waals surface area contributed by atoms with Gasteiger partial charge in [-0.1, -0.05) is 19.0 Å². The van der Waals surface area contributed by atoms with E-state index < -0.39 is 0 Å². The molecule has 2 rings (SSSR count). The van der Waals surface area contributed by atoms with E-state index in [0.717, 1.165) is 17.1 Å². The van der Waals surface area contributed by atoms with Gasteiger partial charge in [-0.05, 0) is 38.8 Å². The first-order chi connectivity index (χ1) is 10.7. The lowest BCUT2D eigenvalue weighted by Gasteiger charge is -2.29. The lowest BCUT2D eigenvalue weighted by Crippen LogP contribution is -2.39. The van der Waals surface area contributed by atoms with E-state index in [2.05, 4.69) is 19.0 Å². The van der Waals surface area contributed by atoms with E-state index in [1.807, 2.05) is 44.5 Å². The first-order valence-electron chi connectivity index (χ1n) is 7.74. The quantitative estimate of drug-likeness (QED) is 0.895. The zero-order valence-electron chi connectivity index (χ0n) is 15.2. The number of hydrogen-bond donors (Lipinski definition) is 1. The molecule has 2 N–H and O–H groups in total. The van der Waals surface area contributed by atoms with E-state index >= 15 is 0 Å². The number of carbonyl (C=O) groups excluding carboxylic acids is 1. The van der Waals surface area contributed by atoms with Crippen LogP contribution in [0.4, 0.5) is 0 Å². The Morgan fingerprint density at radius 2 is 1.96 bits per heavy atom. The van der Waals surface area contributed by atoms with Crippen LogP contribution >= 0.6 is 12.4 Å². The van der Waals surface area contributed by atoms with Crippen molar-refractivity contribution in [2.75, 3.05) is 20.1 Å². The van der Waals surface area contributed by atoms with Crippen molar-refractivity contribution in [2.45, 2.75) is 34.6 Å². The van der Waals surface area contributed by atoms with E-state index in [0.29, 0.717) is 24.5 Å². The molecule has 2 aromatic rings. The predicted molar refractivity (Wildman–Crippen MR) is 97.1 cm³/mol. The van der Waals surface area contributed by atoms with Gasteiger partial charge in [0.15, 0.2) is 5.82 Å². The Labute approximate surface area is 149 Å². The number of aromatic nitrogens is 2. The van der Waals surface area contributed by atoms with E-state index in [4.69, 9.17) is 10.3 Å². The molecule has 0 bridgehead atoms. The summed E-state index contributed by atoms with van der Waals surface area (Å²) >= 11 is 0. The van der Waals surface area contributed by atoms with E-state index in [-0.39, 0.29) is 23.7 Å². The summed E-state index contributed by atoms with van der Waals surface area (Å²) in [6.07, 6.45) is 0. The lowest BCUT2D eigenvalue weighted by molar-refractivity contribution is 0.0740. The Hall–Kier alpha value is -1.79. The molecule has 24 heavy (non-hydrogen) atoms.